The van der Waals surface area contributed by atoms with Gasteiger partial charge in [-0.3, -0.25) is 0 Å². The van der Waals surface area contributed by atoms with E-state index >= 15 is 0 Å². The van der Waals surface area contributed by atoms with Crippen LogP contribution in [0.3, 0.4) is 0 Å². The number of benzene rings is 2. The molecule has 39 heavy (non-hydrogen) atoms. The Hall–Kier alpha value is -3.27. The summed E-state index contributed by atoms with van der Waals surface area (Å²) in [5.41, 5.74) is 3.55. The number of rotatable bonds is 10. The zero-order valence-corrected chi connectivity index (χ0v) is 25.2. The van der Waals surface area contributed by atoms with Crippen LogP contribution in [0.2, 0.25) is 0 Å². The van der Waals surface area contributed by atoms with E-state index in [1.54, 1.807) is 71.2 Å². The summed E-state index contributed by atoms with van der Waals surface area (Å²) in [7, 11) is -3.68. The SMILES string of the molecule is CCN(CC)C(=Nc1ccc(S(=O)(=O)c2ccc(N=C(c3ccsc3)N(CC)CC)cc2)cc1)c1ccsc1. The summed E-state index contributed by atoms with van der Waals surface area (Å²) < 4.78 is 26.8. The summed E-state index contributed by atoms with van der Waals surface area (Å²) >= 11 is 3.26. The molecule has 204 valence electrons. The quantitative estimate of drug-likeness (QED) is 0.145. The average Bonchev–Trinajstić information content (AvgIpc) is 3.69. The minimum atomic E-state index is -3.68. The topological polar surface area (TPSA) is 65.3 Å². The molecule has 0 radical (unpaired) electrons. The van der Waals surface area contributed by atoms with Gasteiger partial charge in [0.1, 0.15) is 11.7 Å². The molecule has 9 heteroatoms. The molecule has 0 N–H and O–H groups in total. The van der Waals surface area contributed by atoms with Gasteiger partial charge in [-0.15, -0.1) is 0 Å². The van der Waals surface area contributed by atoms with Crippen molar-refractivity contribution in [3.8, 4) is 0 Å². The van der Waals surface area contributed by atoms with E-state index in [0.29, 0.717) is 11.4 Å². The zero-order chi connectivity index (χ0) is 27.8. The summed E-state index contributed by atoms with van der Waals surface area (Å²) in [6.45, 7) is 11.7. The Balaban J connectivity index is 1.60. The lowest BCUT2D eigenvalue weighted by Gasteiger charge is -2.22. The van der Waals surface area contributed by atoms with Crippen LogP contribution in [0.4, 0.5) is 11.4 Å². The first-order valence-electron chi connectivity index (χ1n) is 13.1. The molecule has 0 amide bonds. The van der Waals surface area contributed by atoms with E-state index in [-0.39, 0.29) is 9.79 Å². The lowest BCUT2D eigenvalue weighted by Crippen LogP contribution is -2.30. The van der Waals surface area contributed by atoms with Gasteiger partial charge in [0.25, 0.3) is 0 Å². The lowest BCUT2D eigenvalue weighted by atomic mass is 10.2. The first-order chi connectivity index (χ1) is 18.9. The van der Waals surface area contributed by atoms with E-state index in [1.807, 2.05) is 10.8 Å². The lowest BCUT2D eigenvalue weighted by molar-refractivity contribution is 0.467. The fourth-order valence-electron chi connectivity index (χ4n) is 4.25. The number of aliphatic imine (C=N–C) groups is 2. The second kappa shape index (κ2) is 13.2. The van der Waals surface area contributed by atoms with E-state index in [2.05, 4.69) is 60.4 Å². The van der Waals surface area contributed by atoms with Crippen molar-refractivity contribution in [1.29, 1.82) is 0 Å². The normalized spacial score (nSPS) is 12.5. The number of thiophene rings is 2. The highest BCUT2D eigenvalue weighted by Gasteiger charge is 2.19. The smallest absolute Gasteiger partial charge is 0.206 e. The molecule has 0 unspecified atom stereocenters. The Labute approximate surface area is 239 Å². The summed E-state index contributed by atoms with van der Waals surface area (Å²) in [6.07, 6.45) is 0. The number of hydrogen-bond acceptors (Lipinski definition) is 6. The maximum Gasteiger partial charge on any atom is 0.206 e. The zero-order valence-electron chi connectivity index (χ0n) is 22.7. The van der Waals surface area contributed by atoms with Crippen molar-refractivity contribution in [2.75, 3.05) is 26.2 Å². The summed E-state index contributed by atoms with van der Waals surface area (Å²) in [6, 6.07) is 17.7. The van der Waals surface area contributed by atoms with Crippen LogP contribution in [0.15, 0.2) is 102 Å². The summed E-state index contributed by atoms with van der Waals surface area (Å²) in [5.74, 6) is 1.78. The molecule has 0 bridgehead atoms. The van der Waals surface area contributed by atoms with Gasteiger partial charge in [0.2, 0.25) is 9.84 Å². The van der Waals surface area contributed by atoms with Gasteiger partial charge in [-0.1, -0.05) is 0 Å². The number of hydrogen-bond donors (Lipinski definition) is 0. The average molecular weight is 579 g/mol. The standard InChI is InChI=1S/C30H34N4O2S3/c1-5-33(6-2)29(23-17-19-37-21-23)31-25-9-13-27(14-10-25)39(35,36)28-15-11-26(12-16-28)32-30(34(7-3)8-4)24-18-20-38-22-24/h9-22H,5-8H2,1-4H3. The van der Waals surface area contributed by atoms with Crippen LogP contribution in [0.5, 0.6) is 0 Å². The van der Waals surface area contributed by atoms with Gasteiger partial charge in [0, 0.05) is 48.1 Å². The molecule has 4 aromatic rings. The Morgan fingerprint density at radius 3 is 1.26 bits per heavy atom. The van der Waals surface area contributed by atoms with Gasteiger partial charge in [-0.25, -0.2) is 18.4 Å². The summed E-state index contributed by atoms with van der Waals surface area (Å²) in [4.78, 5) is 14.6. The molecular formula is C30H34N4O2S3. The molecule has 2 aromatic carbocycles. The van der Waals surface area contributed by atoms with Gasteiger partial charge in [-0.05, 0) is 99.1 Å². The van der Waals surface area contributed by atoms with Gasteiger partial charge in [0.05, 0.1) is 21.2 Å². The van der Waals surface area contributed by atoms with E-state index in [9.17, 15) is 8.42 Å². The Bertz CT molecular complexity index is 1370. The molecule has 0 saturated carbocycles. The highest BCUT2D eigenvalue weighted by atomic mass is 32.2. The monoisotopic (exact) mass is 578 g/mol. The third-order valence-corrected chi connectivity index (χ3v) is 9.60. The molecule has 2 heterocycles. The minimum absolute atomic E-state index is 0.236. The van der Waals surface area contributed by atoms with Gasteiger partial charge < -0.3 is 9.80 Å². The highest BCUT2D eigenvalue weighted by molar-refractivity contribution is 7.91. The largest absolute Gasteiger partial charge is 0.357 e. The van der Waals surface area contributed by atoms with Crippen molar-refractivity contribution < 1.29 is 8.42 Å². The van der Waals surface area contributed by atoms with Gasteiger partial charge >= 0.3 is 0 Å². The minimum Gasteiger partial charge on any atom is -0.357 e. The molecule has 0 saturated heterocycles. The Morgan fingerprint density at radius 2 is 0.974 bits per heavy atom. The van der Waals surface area contributed by atoms with Crippen LogP contribution in [0, 0.1) is 0 Å². The van der Waals surface area contributed by atoms with Crippen molar-refractivity contribution in [3.05, 3.63) is 93.3 Å². The van der Waals surface area contributed by atoms with Crippen molar-refractivity contribution in [1.82, 2.24) is 9.80 Å². The molecule has 0 aliphatic heterocycles. The number of amidine groups is 2. The first-order valence-corrected chi connectivity index (χ1v) is 16.5. The van der Waals surface area contributed by atoms with Crippen LogP contribution < -0.4 is 0 Å². The molecule has 0 aliphatic carbocycles. The van der Waals surface area contributed by atoms with Gasteiger partial charge in [0.15, 0.2) is 0 Å². The number of sulfone groups is 1. The Kier molecular flexibility index (Phi) is 9.72. The molecule has 0 aliphatic rings. The maximum atomic E-state index is 13.4. The van der Waals surface area contributed by atoms with Crippen LogP contribution in [-0.4, -0.2) is 56.1 Å². The molecule has 0 atom stereocenters. The molecule has 0 spiro atoms. The second-order valence-corrected chi connectivity index (χ2v) is 12.2. The van der Waals surface area contributed by atoms with Crippen LogP contribution >= 0.6 is 22.7 Å². The van der Waals surface area contributed by atoms with Crippen LogP contribution in [0.1, 0.15) is 38.8 Å². The molecule has 6 nitrogen and oxygen atoms in total. The number of nitrogens with zero attached hydrogens (tertiary/aromatic N) is 4. The van der Waals surface area contributed by atoms with E-state index in [4.69, 9.17) is 9.98 Å². The maximum absolute atomic E-state index is 13.4. The van der Waals surface area contributed by atoms with E-state index < -0.39 is 9.84 Å². The summed E-state index contributed by atoms with van der Waals surface area (Å²) in [5, 5.41) is 8.23. The molecule has 4 rings (SSSR count). The third-order valence-electron chi connectivity index (χ3n) is 6.45. The van der Waals surface area contributed by atoms with Crippen molar-refractivity contribution in [2.45, 2.75) is 37.5 Å². The first kappa shape index (κ1) is 28.7. The predicted molar refractivity (Wildman–Crippen MR) is 165 cm³/mol. The van der Waals surface area contributed by atoms with Gasteiger partial charge in [-0.2, -0.15) is 22.7 Å². The molecule has 2 aromatic heterocycles. The fourth-order valence-corrected chi connectivity index (χ4v) is 6.78. The van der Waals surface area contributed by atoms with Crippen LogP contribution in [0.25, 0.3) is 0 Å². The van der Waals surface area contributed by atoms with Crippen molar-refractivity contribution in [3.63, 3.8) is 0 Å². The third kappa shape index (κ3) is 6.66. The van der Waals surface area contributed by atoms with Crippen molar-refractivity contribution in [2.24, 2.45) is 9.98 Å². The van der Waals surface area contributed by atoms with E-state index in [1.165, 1.54) is 0 Å². The fraction of sp³-hybridized carbons (Fsp3) is 0.267. The molecule has 0 fully saturated rings. The van der Waals surface area contributed by atoms with Crippen molar-refractivity contribution >= 4 is 55.6 Å². The van der Waals surface area contributed by atoms with Crippen LogP contribution in [-0.2, 0) is 9.84 Å². The Morgan fingerprint density at radius 1 is 0.615 bits per heavy atom. The van der Waals surface area contributed by atoms with E-state index in [0.717, 1.165) is 49.0 Å². The molecular weight excluding hydrogens is 545 g/mol. The second-order valence-electron chi connectivity index (χ2n) is 8.73. The predicted octanol–water partition coefficient (Wildman–Crippen LogP) is 7.48. The highest BCUT2D eigenvalue weighted by Crippen LogP contribution is 2.27.